The van der Waals surface area contributed by atoms with E-state index in [1.165, 1.54) is 14.0 Å². The summed E-state index contributed by atoms with van der Waals surface area (Å²) in [6.07, 6.45) is 4.83. The van der Waals surface area contributed by atoms with E-state index < -0.39 is 11.6 Å². The van der Waals surface area contributed by atoms with Gasteiger partial charge in [-0.3, -0.25) is 14.4 Å². The molecule has 0 radical (unpaired) electrons. The van der Waals surface area contributed by atoms with Gasteiger partial charge in [0.15, 0.2) is 5.78 Å². The number of fused-ring (bicyclic) bond motifs is 2. The Labute approximate surface area is 163 Å². The SMILES string of the molecule is [C-]#[N+]C1([N+]#[C-])CC2=C(COC(C)=O)C(=O)CC2=C[C@@H]2C[C@@H](C(=O)OC)CC=C21. The maximum absolute atomic E-state index is 12.5. The molecule has 2 atom stereocenters. The summed E-state index contributed by atoms with van der Waals surface area (Å²) in [6.45, 7) is 16.6. The van der Waals surface area contributed by atoms with Crippen LogP contribution in [-0.4, -0.2) is 37.1 Å². The lowest BCUT2D eigenvalue weighted by Gasteiger charge is -2.26. The van der Waals surface area contributed by atoms with Crippen LogP contribution in [0.4, 0.5) is 0 Å². The molecule has 0 N–H and O–H groups in total. The van der Waals surface area contributed by atoms with Gasteiger partial charge in [-0.2, -0.15) is 0 Å². The first-order valence-corrected chi connectivity index (χ1v) is 9.00. The lowest BCUT2D eigenvalue weighted by molar-refractivity contribution is -0.146. The van der Waals surface area contributed by atoms with Crippen molar-refractivity contribution >= 4 is 17.7 Å². The largest absolute Gasteiger partial charge is 0.510 e. The Balaban J connectivity index is 2.09. The summed E-state index contributed by atoms with van der Waals surface area (Å²) in [7, 11) is 1.34. The highest BCUT2D eigenvalue weighted by Crippen LogP contribution is 2.49. The van der Waals surface area contributed by atoms with Gasteiger partial charge < -0.3 is 9.47 Å². The summed E-state index contributed by atoms with van der Waals surface area (Å²) < 4.78 is 9.89. The van der Waals surface area contributed by atoms with Gasteiger partial charge >= 0.3 is 17.6 Å². The number of rotatable bonds is 3. The first-order valence-electron chi connectivity index (χ1n) is 9.00. The monoisotopic (exact) mass is 380 g/mol. The summed E-state index contributed by atoms with van der Waals surface area (Å²) in [5, 5.41) is 0. The van der Waals surface area contributed by atoms with E-state index in [1.807, 2.05) is 12.2 Å². The third kappa shape index (κ3) is 3.25. The van der Waals surface area contributed by atoms with Crippen molar-refractivity contribution in [1.82, 2.24) is 0 Å². The number of allylic oxidation sites excluding steroid dienone is 3. The number of hydrogen-bond acceptors (Lipinski definition) is 5. The molecule has 0 fully saturated rings. The molecule has 0 saturated carbocycles. The van der Waals surface area contributed by atoms with E-state index in [4.69, 9.17) is 22.6 Å². The fraction of sp³-hybridized carbons (Fsp3) is 0.476. The Kier molecular flexibility index (Phi) is 5.20. The number of nitrogens with zero attached hydrogens (tertiary/aromatic N) is 2. The van der Waals surface area contributed by atoms with E-state index in [0.717, 1.165) is 5.57 Å². The summed E-state index contributed by atoms with van der Waals surface area (Å²) in [5.41, 5.74) is 0.991. The fourth-order valence-corrected chi connectivity index (χ4v) is 4.22. The van der Waals surface area contributed by atoms with Crippen LogP contribution in [0, 0.1) is 25.0 Å². The van der Waals surface area contributed by atoms with Crippen molar-refractivity contribution in [3.05, 3.63) is 57.3 Å². The van der Waals surface area contributed by atoms with Gasteiger partial charge in [-0.15, -0.1) is 0 Å². The molecule has 0 spiro atoms. The molecule has 0 heterocycles. The number of ketones is 1. The van der Waals surface area contributed by atoms with E-state index >= 15 is 0 Å². The molecule has 3 rings (SSSR count). The van der Waals surface area contributed by atoms with Gasteiger partial charge in [0, 0.05) is 24.8 Å². The number of esters is 2. The Morgan fingerprint density at radius 1 is 1.32 bits per heavy atom. The van der Waals surface area contributed by atoms with Crippen LogP contribution in [0.25, 0.3) is 9.69 Å². The lowest BCUT2D eigenvalue weighted by atomic mass is 9.76. The van der Waals surface area contributed by atoms with Gasteiger partial charge in [-0.05, 0) is 24.0 Å². The molecule has 28 heavy (non-hydrogen) atoms. The zero-order chi connectivity index (χ0) is 20.5. The molecule has 7 nitrogen and oxygen atoms in total. The molecule has 144 valence electrons. The topological polar surface area (TPSA) is 78.4 Å². The van der Waals surface area contributed by atoms with E-state index in [-0.39, 0.29) is 43.0 Å². The predicted molar refractivity (Wildman–Crippen MR) is 98.2 cm³/mol. The average molecular weight is 380 g/mol. The highest BCUT2D eigenvalue weighted by Gasteiger charge is 2.56. The smallest absolute Gasteiger partial charge is 0.469 e. The Morgan fingerprint density at radius 2 is 2.04 bits per heavy atom. The Bertz CT molecular complexity index is 911. The molecule has 3 aliphatic carbocycles. The van der Waals surface area contributed by atoms with Crippen molar-refractivity contribution in [3.63, 3.8) is 0 Å². The molecule has 7 heteroatoms. The number of ether oxygens (including phenoxy) is 2. The summed E-state index contributed by atoms with van der Waals surface area (Å²) in [5.74, 6) is -1.59. The molecule has 3 aliphatic rings. The number of methoxy groups -OCH3 is 1. The molecule has 0 aromatic rings. The molecular formula is C21H20N2O5. The molecule has 0 saturated heterocycles. The van der Waals surface area contributed by atoms with Gasteiger partial charge in [0.25, 0.3) is 0 Å². The second-order valence-corrected chi connectivity index (χ2v) is 7.20. The van der Waals surface area contributed by atoms with Crippen molar-refractivity contribution in [2.24, 2.45) is 11.8 Å². The maximum Gasteiger partial charge on any atom is 0.510 e. The van der Waals surface area contributed by atoms with Gasteiger partial charge in [-0.25, -0.2) is 22.8 Å². The number of Topliss-reactive ketones (excluding diaryl/α,β-unsaturated/α-hetero) is 1. The minimum Gasteiger partial charge on any atom is -0.469 e. The third-order valence-electron chi connectivity index (χ3n) is 5.61. The summed E-state index contributed by atoms with van der Waals surface area (Å²) in [4.78, 5) is 43.0. The van der Waals surface area contributed by atoms with E-state index in [1.54, 1.807) is 0 Å². The summed E-state index contributed by atoms with van der Waals surface area (Å²) in [6, 6.07) is 0. The van der Waals surface area contributed by atoms with Gasteiger partial charge in [0.1, 0.15) is 18.6 Å². The van der Waals surface area contributed by atoms with Crippen LogP contribution in [0.1, 0.15) is 32.6 Å². The summed E-state index contributed by atoms with van der Waals surface area (Å²) >= 11 is 0. The molecule has 0 aromatic carbocycles. The first kappa shape index (κ1) is 19.6. The van der Waals surface area contributed by atoms with Gasteiger partial charge in [0.05, 0.1) is 13.0 Å². The highest BCUT2D eigenvalue weighted by atomic mass is 16.5. The Morgan fingerprint density at radius 3 is 2.64 bits per heavy atom. The fourth-order valence-electron chi connectivity index (χ4n) is 4.22. The average Bonchev–Trinajstić information content (AvgIpc) is 2.89. The number of hydrogen-bond donors (Lipinski definition) is 0. The zero-order valence-corrected chi connectivity index (χ0v) is 15.8. The van der Waals surface area contributed by atoms with Crippen LogP contribution in [0.2, 0.25) is 0 Å². The molecule has 0 aliphatic heterocycles. The standard InChI is InChI=1S/C21H20N2O5/c1-12(24)28-11-17-16-10-21(22-2,23-3)18-6-5-13(20(26)27-4)7-15(18)8-14(16)9-19(17)25/h6,8,13,15H,5,7,9-11H2,1,4H3/t13-,15-/m0/s1. The molecule has 0 amide bonds. The van der Waals surface area contributed by atoms with Crippen molar-refractivity contribution in [2.75, 3.05) is 13.7 Å². The predicted octanol–water partition coefficient (Wildman–Crippen LogP) is 2.81. The molecule has 0 aromatic heterocycles. The van der Waals surface area contributed by atoms with Crippen molar-refractivity contribution in [1.29, 1.82) is 0 Å². The van der Waals surface area contributed by atoms with Gasteiger partial charge in [0.2, 0.25) is 0 Å². The van der Waals surface area contributed by atoms with Crippen molar-refractivity contribution < 1.29 is 23.9 Å². The first-order chi connectivity index (χ1) is 13.3. The van der Waals surface area contributed by atoms with E-state index in [0.29, 0.717) is 29.6 Å². The second-order valence-electron chi connectivity index (χ2n) is 7.20. The van der Waals surface area contributed by atoms with Crippen LogP contribution in [-0.2, 0) is 23.9 Å². The van der Waals surface area contributed by atoms with Crippen LogP contribution >= 0.6 is 0 Å². The quantitative estimate of drug-likeness (QED) is 0.427. The maximum atomic E-state index is 12.5. The second kappa shape index (κ2) is 7.44. The molecular weight excluding hydrogens is 360 g/mol. The zero-order valence-electron chi connectivity index (χ0n) is 15.8. The minimum atomic E-state index is -1.45. The van der Waals surface area contributed by atoms with E-state index in [2.05, 4.69) is 9.69 Å². The van der Waals surface area contributed by atoms with Crippen molar-refractivity contribution in [2.45, 2.75) is 38.3 Å². The molecule has 0 bridgehead atoms. The number of carbonyl (C=O) groups excluding carboxylic acids is 3. The normalized spacial score (nSPS) is 25.2. The lowest BCUT2D eigenvalue weighted by Crippen LogP contribution is -2.32. The van der Waals surface area contributed by atoms with Crippen molar-refractivity contribution in [3.8, 4) is 0 Å². The molecule has 0 unspecified atom stereocenters. The van der Waals surface area contributed by atoms with Crippen LogP contribution in [0.15, 0.2) is 34.4 Å². The third-order valence-corrected chi connectivity index (χ3v) is 5.61. The van der Waals surface area contributed by atoms with Crippen LogP contribution < -0.4 is 0 Å². The highest BCUT2D eigenvalue weighted by molar-refractivity contribution is 6.03. The van der Waals surface area contributed by atoms with Crippen LogP contribution in [0.5, 0.6) is 0 Å². The van der Waals surface area contributed by atoms with E-state index in [9.17, 15) is 14.4 Å². The van der Waals surface area contributed by atoms with Crippen LogP contribution in [0.3, 0.4) is 0 Å². The van der Waals surface area contributed by atoms with Gasteiger partial charge in [-0.1, -0.05) is 12.2 Å². The minimum absolute atomic E-state index is 0.0827. The number of carbonyl (C=O) groups is 3. The Hall–Kier alpha value is -3.19.